The van der Waals surface area contributed by atoms with Crippen LogP contribution in [0.15, 0.2) is 23.2 Å². The lowest BCUT2D eigenvalue weighted by atomic mass is 10.4. The highest BCUT2D eigenvalue weighted by atomic mass is 35.5. The van der Waals surface area contributed by atoms with Gasteiger partial charge in [-0.3, -0.25) is 0 Å². The number of aryl methyl sites for hydroxylation is 1. The number of thioether (sulfide) groups is 1. The standard InChI is InChI=1S/C10H14ClNS/c1-8-4-3-5-10(12-8)13-9(2)6-7-11/h3-5,9H,6-7H2,1-2H3. The van der Waals surface area contributed by atoms with E-state index >= 15 is 0 Å². The number of pyridine rings is 1. The minimum Gasteiger partial charge on any atom is -0.247 e. The largest absolute Gasteiger partial charge is 0.247 e. The number of rotatable bonds is 4. The van der Waals surface area contributed by atoms with E-state index in [9.17, 15) is 0 Å². The Balaban J connectivity index is 2.53. The predicted molar refractivity (Wildman–Crippen MR) is 59.6 cm³/mol. The van der Waals surface area contributed by atoms with Crippen LogP contribution in [0.25, 0.3) is 0 Å². The van der Waals surface area contributed by atoms with Gasteiger partial charge in [-0.25, -0.2) is 4.98 Å². The van der Waals surface area contributed by atoms with Crippen LogP contribution in [0.5, 0.6) is 0 Å². The van der Waals surface area contributed by atoms with E-state index < -0.39 is 0 Å². The van der Waals surface area contributed by atoms with E-state index in [4.69, 9.17) is 11.6 Å². The first kappa shape index (κ1) is 10.9. The molecule has 0 aromatic carbocycles. The number of hydrogen-bond donors (Lipinski definition) is 0. The van der Waals surface area contributed by atoms with E-state index in [1.165, 1.54) is 0 Å². The van der Waals surface area contributed by atoms with Crippen molar-refractivity contribution < 1.29 is 0 Å². The van der Waals surface area contributed by atoms with Crippen LogP contribution >= 0.6 is 23.4 Å². The highest BCUT2D eigenvalue weighted by Gasteiger charge is 2.04. The molecule has 0 amide bonds. The Kier molecular flexibility index (Phi) is 4.60. The van der Waals surface area contributed by atoms with Gasteiger partial charge in [0.15, 0.2) is 0 Å². The van der Waals surface area contributed by atoms with E-state index in [1.807, 2.05) is 25.1 Å². The second-order valence-electron chi connectivity index (χ2n) is 3.02. The molecule has 3 heteroatoms. The number of alkyl halides is 1. The normalized spacial score (nSPS) is 12.8. The molecule has 1 aromatic heterocycles. The van der Waals surface area contributed by atoms with E-state index in [0.717, 1.165) is 23.0 Å². The zero-order valence-corrected chi connectivity index (χ0v) is 9.53. The molecule has 0 N–H and O–H groups in total. The lowest BCUT2D eigenvalue weighted by Gasteiger charge is -2.08. The average molecular weight is 216 g/mol. The van der Waals surface area contributed by atoms with Crippen molar-refractivity contribution in [3.8, 4) is 0 Å². The Morgan fingerprint density at radius 1 is 1.54 bits per heavy atom. The van der Waals surface area contributed by atoms with Gasteiger partial charge in [0.25, 0.3) is 0 Å². The predicted octanol–water partition coefficient (Wildman–Crippen LogP) is 3.50. The van der Waals surface area contributed by atoms with Crippen LogP contribution in [-0.2, 0) is 0 Å². The van der Waals surface area contributed by atoms with Crippen LogP contribution in [0.1, 0.15) is 19.0 Å². The summed E-state index contributed by atoms with van der Waals surface area (Å²) in [6, 6.07) is 6.09. The molecule has 0 saturated heterocycles. The zero-order chi connectivity index (χ0) is 9.68. The summed E-state index contributed by atoms with van der Waals surface area (Å²) in [4.78, 5) is 4.42. The molecule has 13 heavy (non-hydrogen) atoms. The van der Waals surface area contributed by atoms with Crippen molar-refractivity contribution in [3.05, 3.63) is 23.9 Å². The summed E-state index contributed by atoms with van der Waals surface area (Å²) < 4.78 is 0. The fraction of sp³-hybridized carbons (Fsp3) is 0.500. The van der Waals surface area contributed by atoms with E-state index in [-0.39, 0.29) is 0 Å². The van der Waals surface area contributed by atoms with Gasteiger partial charge in [-0.05, 0) is 25.5 Å². The van der Waals surface area contributed by atoms with Crippen molar-refractivity contribution in [2.75, 3.05) is 5.88 Å². The lowest BCUT2D eigenvalue weighted by Crippen LogP contribution is -1.97. The summed E-state index contributed by atoms with van der Waals surface area (Å²) in [5, 5.41) is 1.64. The quantitative estimate of drug-likeness (QED) is 0.563. The molecule has 1 unspecified atom stereocenters. The fourth-order valence-electron chi connectivity index (χ4n) is 1.00. The van der Waals surface area contributed by atoms with Crippen LogP contribution in [0.2, 0.25) is 0 Å². The molecular formula is C10H14ClNS. The molecule has 1 heterocycles. The maximum absolute atomic E-state index is 5.66. The minimum absolute atomic E-state index is 0.548. The number of aromatic nitrogens is 1. The summed E-state index contributed by atoms with van der Waals surface area (Å²) in [6.07, 6.45) is 1.03. The molecule has 72 valence electrons. The Bertz CT molecular complexity index is 265. The number of nitrogens with zero attached hydrogens (tertiary/aromatic N) is 1. The summed E-state index contributed by atoms with van der Waals surface area (Å²) in [5.41, 5.74) is 1.07. The van der Waals surface area contributed by atoms with Crippen molar-refractivity contribution in [2.45, 2.75) is 30.5 Å². The van der Waals surface area contributed by atoms with Crippen LogP contribution in [-0.4, -0.2) is 16.1 Å². The minimum atomic E-state index is 0.548. The van der Waals surface area contributed by atoms with Gasteiger partial charge in [0.2, 0.25) is 0 Å². The summed E-state index contributed by atoms with van der Waals surface area (Å²) in [6.45, 7) is 4.19. The second kappa shape index (κ2) is 5.51. The van der Waals surface area contributed by atoms with Gasteiger partial charge in [-0.2, -0.15) is 0 Å². The number of hydrogen-bond acceptors (Lipinski definition) is 2. The van der Waals surface area contributed by atoms with Crippen LogP contribution in [0, 0.1) is 6.92 Å². The van der Waals surface area contributed by atoms with Gasteiger partial charge < -0.3 is 0 Å². The lowest BCUT2D eigenvalue weighted by molar-refractivity contribution is 0.905. The molecule has 0 saturated carbocycles. The van der Waals surface area contributed by atoms with Crippen LogP contribution < -0.4 is 0 Å². The van der Waals surface area contributed by atoms with Gasteiger partial charge in [0.1, 0.15) is 0 Å². The highest BCUT2D eigenvalue weighted by molar-refractivity contribution is 7.99. The molecule has 0 aliphatic rings. The molecule has 0 aliphatic carbocycles. The van der Waals surface area contributed by atoms with Gasteiger partial charge in [0.05, 0.1) is 5.03 Å². The van der Waals surface area contributed by atoms with Crippen molar-refractivity contribution >= 4 is 23.4 Å². The van der Waals surface area contributed by atoms with Gasteiger partial charge in [-0.1, -0.05) is 13.0 Å². The van der Waals surface area contributed by atoms with Crippen LogP contribution in [0.4, 0.5) is 0 Å². The Morgan fingerprint density at radius 3 is 2.92 bits per heavy atom. The maximum atomic E-state index is 5.66. The molecule has 1 atom stereocenters. The SMILES string of the molecule is Cc1cccc(SC(C)CCCl)n1. The zero-order valence-electron chi connectivity index (χ0n) is 7.96. The summed E-state index contributed by atoms with van der Waals surface area (Å²) in [7, 11) is 0. The fourth-order valence-corrected chi connectivity index (χ4v) is 2.46. The molecule has 0 spiro atoms. The van der Waals surface area contributed by atoms with E-state index in [1.54, 1.807) is 11.8 Å². The van der Waals surface area contributed by atoms with Crippen molar-refractivity contribution in [2.24, 2.45) is 0 Å². The molecule has 1 rings (SSSR count). The van der Waals surface area contributed by atoms with Gasteiger partial charge in [0, 0.05) is 16.8 Å². The van der Waals surface area contributed by atoms with Gasteiger partial charge in [-0.15, -0.1) is 23.4 Å². The molecule has 0 fully saturated rings. The Morgan fingerprint density at radius 2 is 2.31 bits per heavy atom. The van der Waals surface area contributed by atoms with E-state index in [2.05, 4.69) is 11.9 Å². The third-order valence-electron chi connectivity index (χ3n) is 1.70. The Hall–Kier alpha value is -0.210. The summed E-state index contributed by atoms with van der Waals surface area (Å²) in [5.74, 6) is 0.722. The monoisotopic (exact) mass is 215 g/mol. The van der Waals surface area contributed by atoms with E-state index in [0.29, 0.717) is 5.25 Å². The molecule has 1 aromatic rings. The molecule has 0 bridgehead atoms. The summed E-state index contributed by atoms with van der Waals surface area (Å²) >= 11 is 7.45. The topological polar surface area (TPSA) is 12.9 Å². The molecule has 0 aliphatic heterocycles. The number of halogens is 1. The first-order valence-electron chi connectivity index (χ1n) is 4.38. The average Bonchev–Trinajstić information content (AvgIpc) is 2.04. The van der Waals surface area contributed by atoms with Gasteiger partial charge >= 0.3 is 0 Å². The molecular weight excluding hydrogens is 202 g/mol. The first-order chi connectivity index (χ1) is 6.22. The van der Waals surface area contributed by atoms with Crippen molar-refractivity contribution in [1.82, 2.24) is 4.98 Å². The third kappa shape index (κ3) is 4.01. The molecule has 1 nitrogen and oxygen atoms in total. The highest BCUT2D eigenvalue weighted by Crippen LogP contribution is 2.23. The van der Waals surface area contributed by atoms with Crippen molar-refractivity contribution in [1.29, 1.82) is 0 Å². The molecule has 0 radical (unpaired) electrons. The van der Waals surface area contributed by atoms with Crippen molar-refractivity contribution in [3.63, 3.8) is 0 Å². The maximum Gasteiger partial charge on any atom is 0.0965 e. The van der Waals surface area contributed by atoms with Crippen LogP contribution in [0.3, 0.4) is 0 Å². The smallest absolute Gasteiger partial charge is 0.0965 e. The third-order valence-corrected chi connectivity index (χ3v) is 3.03. The second-order valence-corrected chi connectivity index (χ2v) is 4.86. The first-order valence-corrected chi connectivity index (χ1v) is 5.80. The Labute approximate surface area is 88.9 Å².